The van der Waals surface area contributed by atoms with Crippen molar-refractivity contribution in [2.45, 2.75) is 57.1 Å². The highest BCUT2D eigenvalue weighted by Crippen LogP contribution is 2.50. The Morgan fingerprint density at radius 2 is 1.84 bits per heavy atom. The Kier molecular flexibility index (Phi) is 5.41. The van der Waals surface area contributed by atoms with Gasteiger partial charge in [0.15, 0.2) is 5.79 Å². The zero-order valence-electron chi connectivity index (χ0n) is 21.3. The van der Waals surface area contributed by atoms with E-state index in [4.69, 9.17) is 25.9 Å². The van der Waals surface area contributed by atoms with E-state index in [-0.39, 0.29) is 18.2 Å². The van der Waals surface area contributed by atoms with Crippen molar-refractivity contribution in [2.75, 3.05) is 11.5 Å². The van der Waals surface area contributed by atoms with Gasteiger partial charge >= 0.3 is 0 Å². The number of anilines is 2. The molecule has 1 saturated heterocycles. The molecular weight excluding hydrogens is 544 g/mol. The van der Waals surface area contributed by atoms with E-state index in [1.165, 1.54) is 5.56 Å². The Bertz CT molecular complexity index is 1720. The third kappa shape index (κ3) is 3.75. The van der Waals surface area contributed by atoms with E-state index in [9.17, 15) is 0 Å². The van der Waals surface area contributed by atoms with Crippen LogP contribution < -0.4 is 11.5 Å². The van der Waals surface area contributed by atoms with Crippen molar-refractivity contribution in [1.29, 1.82) is 0 Å². The molecule has 4 atom stereocenters. The average molecular weight is 573 g/mol. The standard InChI is InChI=1S/C29H29BrN6O2/c1-29(2)37-24-17(10-8-15-7-9-16-12-19(30)26(31)35-20(16)11-15)13-22(25(24)38-29)36-21-6-4-3-5-18(21)23-27(32)33-14-34-28(23)36/h3-7,9,11-12,14,17,22,24-25H,8,10,13H2,1-2H3,(H2,31,35)(H2,32,33,34)/t17-,22+,24+,25-/m0/s1. The molecule has 0 spiro atoms. The van der Waals surface area contributed by atoms with E-state index in [1.54, 1.807) is 6.33 Å². The molecule has 0 radical (unpaired) electrons. The van der Waals surface area contributed by atoms with Gasteiger partial charge in [0.25, 0.3) is 0 Å². The van der Waals surface area contributed by atoms with Crippen molar-refractivity contribution < 1.29 is 9.47 Å². The number of benzene rings is 2. The lowest BCUT2D eigenvalue weighted by Crippen LogP contribution is -2.27. The second-order valence-corrected chi connectivity index (χ2v) is 11.7. The van der Waals surface area contributed by atoms with Gasteiger partial charge in [0.1, 0.15) is 29.7 Å². The van der Waals surface area contributed by atoms with E-state index in [0.29, 0.717) is 17.6 Å². The fraction of sp³-hybridized carbons (Fsp3) is 0.345. The van der Waals surface area contributed by atoms with Gasteiger partial charge in [-0.2, -0.15) is 0 Å². The predicted molar refractivity (Wildman–Crippen MR) is 153 cm³/mol. The maximum atomic E-state index is 6.56. The van der Waals surface area contributed by atoms with Crippen molar-refractivity contribution in [2.24, 2.45) is 5.92 Å². The van der Waals surface area contributed by atoms with E-state index >= 15 is 0 Å². The number of para-hydroxylation sites is 1. The highest BCUT2D eigenvalue weighted by Gasteiger charge is 2.54. The number of nitrogens with two attached hydrogens (primary N) is 2. The molecule has 1 aliphatic heterocycles. The van der Waals surface area contributed by atoms with Gasteiger partial charge < -0.3 is 25.5 Å². The zero-order valence-corrected chi connectivity index (χ0v) is 22.9. The maximum absolute atomic E-state index is 6.56. The fourth-order valence-corrected chi connectivity index (χ4v) is 6.81. The molecule has 4 heterocycles. The second-order valence-electron chi connectivity index (χ2n) is 10.9. The molecule has 5 aromatic rings. The van der Waals surface area contributed by atoms with Crippen LogP contribution in [0, 0.1) is 5.92 Å². The molecule has 2 fully saturated rings. The van der Waals surface area contributed by atoms with E-state index in [2.05, 4.69) is 66.9 Å². The van der Waals surface area contributed by atoms with Crippen molar-refractivity contribution in [3.8, 4) is 0 Å². The maximum Gasteiger partial charge on any atom is 0.163 e. The minimum Gasteiger partial charge on any atom is -0.383 e. The third-order valence-corrected chi connectivity index (χ3v) is 8.70. The van der Waals surface area contributed by atoms with E-state index in [1.807, 2.05) is 26.0 Å². The molecule has 7 rings (SSSR count). The lowest BCUT2D eigenvalue weighted by molar-refractivity contribution is -0.160. The molecule has 194 valence electrons. The summed E-state index contributed by atoms with van der Waals surface area (Å²) in [6.07, 6.45) is 4.28. The molecular formula is C29H29BrN6O2. The first-order valence-corrected chi connectivity index (χ1v) is 13.8. The summed E-state index contributed by atoms with van der Waals surface area (Å²) in [5.41, 5.74) is 16.5. The lowest BCUT2D eigenvalue weighted by atomic mass is 9.95. The zero-order chi connectivity index (χ0) is 26.2. The number of halogens is 1. The number of rotatable bonds is 4. The van der Waals surface area contributed by atoms with E-state index in [0.717, 1.165) is 56.6 Å². The minimum atomic E-state index is -0.642. The number of aryl methyl sites for hydroxylation is 1. The first-order chi connectivity index (χ1) is 18.3. The van der Waals surface area contributed by atoms with Crippen LogP contribution in [0.5, 0.6) is 0 Å². The number of nitrogens with zero attached hydrogens (tertiary/aromatic N) is 4. The van der Waals surface area contributed by atoms with Crippen LogP contribution in [0.15, 0.2) is 59.3 Å². The number of hydrogen-bond donors (Lipinski definition) is 2. The van der Waals surface area contributed by atoms with Crippen molar-refractivity contribution in [3.05, 3.63) is 64.9 Å². The largest absolute Gasteiger partial charge is 0.383 e. The highest BCUT2D eigenvalue weighted by atomic mass is 79.9. The van der Waals surface area contributed by atoms with Crippen molar-refractivity contribution in [3.63, 3.8) is 0 Å². The van der Waals surface area contributed by atoms with Crippen LogP contribution in [0.2, 0.25) is 0 Å². The molecule has 0 unspecified atom stereocenters. The summed E-state index contributed by atoms with van der Waals surface area (Å²) in [5.74, 6) is 0.681. The smallest absolute Gasteiger partial charge is 0.163 e. The summed E-state index contributed by atoms with van der Waals surface area (Å²) in [6, 6.07) is 16.8. The number of fused-ring (bicyclic) bond motifs is 5. The predicted octanol–water partition coefficient (Wildman–Crippen LogP) is 5.77. The molecule has 1 saturated carbocycles. The number of aromatic nitrogens is 4. The van der Waals surface area contributed by atoms with Crippen LogP contribution in [0.3, 0.4) is 0 Å². The molecule has 1 aliphatic carbocycles. The monoisotopic (exact) mass is 572 g/mol. The molecule has 0 amide bonds. The Hall–Kier alpha value is -3.27. The summed E-state index contributed by atoms with van der Waals surface area (Å²) in [5, 5.41) is 3.03. The third-order valence-electron chi connectivity index (χ3n) is 8.07. The summed E-state index contributed by atoms with van der Waals surface area (Å²) in [4.78, 5) is 13.5. The quantitative estimate of drug-likeness (QED) is 0.281. The van der Waals surface area contributed by atoms with Gasteiger partial charge in [-0.1, -0.05) is 30.3 Å². The first-order valence-electron chi connectivity index (χ1n) is 13.0. The summed E-state index contributed by atoms with van der Waals surface area (Å²) in [7, 11) is 0. The fourth-order valence-electron chi connectivity index (χ4n) is 6.48. The second kappa shape index (κ2) is 8.62. The van der Waals surface area contributed by atoms with Crippen LogP contribution in [0.4, 0.5) is 11.6 Å². The molecule has 3 aromatic heterocycles. The number of ether oxygens (including phenoxy) is 2. The van der Waals surface area contributed by atoms with Crippen LogP contribution in [0.25, 0.3) is 32.8 Å². The minimum absolute atomic E-state index is 0.00409. The molecule has 4 N–H and O–H groups in total. The van der Waals surface area contributed by atoms with E-state index < -0.39 is 5.79 Å². The summed E-state index contributed by atoms with van der Waals surface area (Å²) in [6.45, 7) is 4.01. The Labute approximate surface area is 228 Å². The SMILES string of the molecule is CC1(C)O[C@@H]2[C@@H](CCc3ccc4cc(Br)c(N)nc4c3)C[C@@H](n3c4ccccc4c4c(N)ncnc43)[C@@H]2O1. The number of hydrogen-bond acceptors (Lipinski definition) is 7. The van der Waals surface area contributed by atoms with Gasteiger partial charge in [-0.25, -0.2) is 15.0 Å². The van der Waals surface area contributed by atoms with Crippen LogP contribution in [-0.2, 0) is 15.9 Å². The van der Waals surface area contributed by atoms with Gasteiger partial charge in [-0.3, -0.25) is 0 Å². The van der Waals surface area contributed by atoms with Gasteiger partial charge in [-0.15, -0.1) is 0 Å². The van der Waals surface area contributed by atoms with Crippen LogP contribution >= 0.6 is 15.9 Å². The number of nitrogen functional groups attached to an aromatic ring is 2. The van der Waals surface area contributed by atoms with Gasteiger partial charge in [0.2, 0.25) is 0 Å². The Morgan fingerprint density at radius 3 is 2.71 bits per heavy atom. The molecule has 8 nitrogen and oxygen atoms in total. The molecule has 0 bridgehead atoms. The van der Waals surface area contributed by atoms with Gasteiger partial charge in [0.05, 0.1) is 33.0 Å². The van der Waals surface area contributed by atoms with Crippen LogP contribution in [-0.4, -0.2) is 37.5 Å². The molecule has 38 heavy (non-hydrogen) atoms. The normalized spacial score (nSPS) is 24.5. The Balaban J connectivity index is 1.24. The average Bonchev–Trinajstić information content (AvgIpc) is 3.50. The molecule has 9 heteroatoms. The topological polar surface area (TPSA) is 114 Å². The van der Waals surface area contributed by atoms with Gasteiger partial charge in [-0.05, 0) is 78.7 Å². The summed E-state index contributed by atoms with van der Waals surface area (Å²) >= 11 is 3.47. The van der Waals surface area contributed by atoms with Crippen molar-refractivity contribution >= 4 is 60.4 Å². The summed E-state index contributed by atoms with van der Waals surface area (Å²) < 4.78 is 16.2. The lowest BCUT2D eigenvalue weighted by Gasteiger charge is -2.25. The van der Waals surface area contributed by atoms with Crippen molar-refractivity contribution in [1.82, 2.24) is 19.5 Å². The van der Waals surface area contributed by atoms with Crippen LogP contribution in [0.1, 0.15) is 38.3 Å². The Morgan fingerprint density at radius 1 is 1.03 bits per heavy atom. The first kappa shape index (κ1) is 23.8. The highest BCUT2D eigenvalue weighted by molar-refractivity contribution is 9.10. The van der Waals surface area contributed by atoms with Gasteiger partial charge in [0, 0.05) is 10.8 Å². The number of pyridine rings is 1. The molecule has 2 aromatic carbocycles. The molecule has 2 aliphatic rings.